The van der Waals surface area contributed by atoms with Crippen LogP contribution in [0.5, 0.6) is 0 Å². The van der Waals surface area contributed by atoms with Crippen LogP contribution in [0.1, 0.15) is 18.9 Å². The highest BCUT2D eigenvalue weighted by molar-refractivity contribution is 7.89. The average molecular weight is 314 g/mol. The number of hydrogen-bond acceptors (Lipinski definition) is 4. The van der Waals surface area contributed by atoms with E-state index in [-0.39, 0.29) is 23.5 Å². The molecule has 5 nitrogen and oxygen atoms in total. The molecular formula is C14H19FN2O3S. The molecule has 0 fully saturated rings. The van der Waals surface area contributed by atoms with Gasteiger partial charge in [0.2, 0.25) is 10.0 Å². The van der Waals surface area contributed by atoms with Gasteiger partial charge in [-0.05, 0) is 31.5 Å². The van der Waals surface area contributed by atoms with Crippen LogP contribution in [0, 0.1) is 17.7 Å². The third-order valence-electron chi connectivity index (χ3n) is 2.52. The molecule has 0 aliphatic carbocycles. The summed E-state index contributed by atoms with van der Waals surface area (Å²) in [5.41, 5.74) is 5.35. The molecular weight excluding hydrogens is 295 g/mol. The fourth-order valence-electron chi connectivity index (χ4n) is 1.58. The lowest BCUT2D eigenvalue weighted by molar-refractivity contribution is 0.146. The van der Waals surface area contributed by atoms with Crippen molar-refractivity contribution in [2.75, 3.05) is 26.3 Å². The number of benzene rings is 1. The summed E-state index contributed by atoms with van der Waals surface area (Å²) in [6.07, 6.45) is 0.554. The Morgan fingerprint density at radius 3 is 2.86 bits per heavy atom. The molecule has 1 aromatic rings. The van der Waals surface area contributed by atoms with E-state index >= 15 is 0 Å². The number of nitrogens with one attached hydrogen (secondary N) is 1. The first-order valence-corrected chi connectivity index (χ1v) is 8.05. The van der Waals surface area contributed by atoms with E-state index in [0.717, 1.165) is 12.1 Å². The van der Waals surface area contributed by atoms with Crippen molar-refractivity contribution in [3.05, 3.63) is 29.6 Å². The van der Waals surface area contributed by atoms with E-state index in [4.69, 9.17) is 10.5 Å². The van der Waals surface area contributed by atoms with Crippen LogP contribution in [0.25, 0.3) is 0 Å². The van der Waals surface area contributed by atoms with Crippen molar-refractivity contribution in [1.82, 2.24) is 4.72 Å². The van der Waals surface area contributed by atoms with E-state index in [1.54, 1.807) is 0 Å². The molecule has 1 aromatic carbocycles. The van der Waals surface area contributed by atoms with E-state index in [1.165, 1.54) is 6.07 Å². The van der Waals surface area contributed by atoms with Crippen molar-refractivity contribution >= 4 is 10.0 Å². The zero-order valence-corrected chi connectivity index (χ0v) is 12.7. The standard InChI is InChI=1S/C14H19FN2O3S/c1-2-20-10-4-9-17-21(18,19)14-7-6-13(15)11-12(14)5-3-8-16/h6-7,11,17H,2,4,8-10,16H2,1H3. The van der Waals surface area contributed by atoms with Crippen molar-refractivity contribution in [3.8, 4) is 11.8 Å². The summed E-state index contributed by atoms with van der Waals surface area (Å²) in [5, 5.41) is 0. The van der Waals surface area contributed by atoms with Crippen molar-refractivity contribution in [2.45, 2.75) is 18.2 Å². The Kier molecular flexibility index (Phi) is 7.32. The van der Waals surface area contributed by atoms with E-state index < -0.39 is 15.8 Å². The van der Waals surface area contributed by atoms with Crippen LogP contribution in [0.4, 0.5) is 4.39 Å². The Morgan fingerprint density at radius 2 is 2.19 bits per heavy atom. The van der Waals surface area contributed by atoms with Crippen molar-refractivity contribution in [1.29, 1.82) is 0 Å². The van der Waals surface area contributed by atoms with Crippen molar-refractivity contribution < 1.29 is 17.5 Å². The molecule has 0 saturated carbocycles. The summed E-state index contributed by atoms with van der Waals surface area (Å²) in [5.74, 6) is 4.55. The van der Waals surface area contributed by atoms with Gasteiger partial charge >= 0.3 is 0 Å². The SMILES string of the molecule is CCOCCCNS(=O)(=O)c1ccc(F)cc1C#CCN. The minimum Gasteiger partial charge on any atom is -0.382 e. The summed E-state index contributed by atoms with van der Waals surface area (Å²) in [6.45, 7) is 3.23. The molecule has 0 aromatic heterocycles. The Labute approximate surface area is 124 Å². The molecule has 0 bridgehead atoms. The molecule has 3 N–H and O–H groups in total. The van der Waals surface area contributed by atoms with Crippen molar-refractivity contribution in [2.24, 2.45) is 5.73 Å². The Hall–Kier alpha value is -1.46. The van der Waals surface area contributed by atoms with E-state index in [9.17, 15) is 12.8 Å². The number of rotatable bonds is 7. The maximum atomic E-state index is 13.2. The first-order chi connectivity index (χ1) is 10.0. The molecule has 0 aliphatic heterocycles. The van der Waals surface area contributed by atoms with Gasteiger partial charge in [-0.1, -0.05) is 11.8 Å². The molecule has 1 rings (SSSR count). The molecule has 0 unspecified atom stereocenters. The number of nitrogens with two attached hydrogens (primary N) is 1. The summed E-state index contributed by atoms with van der Waals surface area (Å²) in [4.78, 5) is -0.0544. The van der Waals surface area contributed by atoms with Crippen LogP contribution >= 0.6 is 0 Å². The first kappa shape index (κ1) is 17.6. The highest BCUT2D eigenvalue weighted by Crippen LogP contribution is 2.16. The number of ether oxygens (including phenoxy) is 1. The summed E-state index contributed by atoms with van der Waals surface area (Å²) < 4.78 is 45.2. The zero-order valence-electron chi connectivity index (χ0n) is 11.9. The zero-order chi connectivity index (χ0) is 15.7. The first-order valence-electron chi connectivity index (χ1n) is 6.57. The smallest absolute Gasteiger partial charge is 0.241 e. The molecule has 0 saturated heterocycles. The third kappa shape index (κ3) is 5.81. The van der Waals surface area contributed by atoms with Crippen LogP contribution < -0.4 is 10.5 Å². The van der Waals surface area contributed by atoms with Gasteiger partial charge in [0, 0.05) is 25.3 Å². The Morgan fingerprint density at radius 1 is 1.43 bits per heavy atom. The molecule has 116 valence electrons. The normalized spacial score (nSPS) is 11.0. The summed E-state index contributed by atoms with van der Waals surface area (Å²) in [6, 6.07) is 3.36. The van der Waals surface area contributed by atoms with Gasteiger partial charge in [-0.15, -0.1) is 0 Å². The highest BCUT2D eigenvalue weighted by Gasteiger charge is 2.17. The third-order valence-corrected chi connectivity index (χ3v) is 4.04. The minimum absolute atomic E-state index is 0.0544. The Balaban J connectivity index is 2.87. The summed E-state index contributed by atoms with van der Waals surface area (Å²) >= 11 is 0. The average Bonchev–Trinajstić information content (AvgIpc) is 2.44. The van der Waals surface area contributed by atoms with Crippen LogP contribution in [-0.4, -0.2) is 34.7 Å². The Bertz CT molecular complexity index is 621. The van der Waals surface area contributed by atoms with Crippen LogP contribution in [0.2, 0.25) is 0 Å². The summed E-state index contributed by atoms with van der Waals surface area (Å²) in [7, 11) is -3.74. The second kappa shape index (κ2) is 8.74. The quantitative estimate of drug-likeness (QED) is 0.577. The molecule has 7 heteroatoms. The number of sulfonamides is 1. The van der Waals surface area contributed by atoms with Gasteiger partial charge in [-0.25, -0.2) is 17.5 Å². The second-order valence-corrected chi connectivity index (χ2v) is 5.83. The molecule has 0 spiro atoms. The maximum absolute atomic E-state index is 13.2. The van der Waals surface area contributed by atoms with Crippen molar-refractivity contribution in [3.63, 3.8) is 0 Å². The number of halogens is 1. The molecule has 0 heterocycles. The lowest BCUT2D eigenvalue weighted by Gasteiger charge is -2.09. The van der Waals surface area contributed by atoms with Gasteiger partial charge in [-0.3, -0.25) is 0 Å². The maximum Gasteiger partial charge on any atom is 0.241 e. The largest absolute Gasteiger partial charge is 0.382 e. The molecule has 0 radical (unpaired) electrons. The second-order valence-electron chi connectivity index (χ2n) is 4.09. The van der Waals surface area contributed by atoms with E-state index in [2.05, 4.69) is 16.6 Å². The van der Waals surface area contributed by atoms with Gasteiger partial charge in [-0.2, -0.15) is 0 Å². The predicted molar refractivity (Wildman–Crippen MR) is 78.6 cm³/mol. The van der Waals surface area contributed by atoms with Gasteiger partial charge in [0.1, 0.15) is 5.82 Å². The molecule has 21 heavy (non-hydrogen) atoms. The van der Waals surface area contributed by atoms with E-state index in [0.29, 0.717) is 19.6 Å². The van der Waals surface area contributed by atoms with Crippen LogP contribution in [-0.2, 0) is 14.8 Å². The van der Waals surface area contributed by atoms with Crippen LogP contribution in [0.3, 0.4) is 0 Å². The highest BCUT2D eigenvalue weighted by atomic mass is 32.2. The molecule has 0 amide bonds. The fourth-order valence-corrected chi connectivity index (χ4v) is 2.80. The van der Waals surface area contributed by atoms with Gasteiger partial charge < -0.3 is 10.5 Å². The minimum atomic E-state index is -3.74. The van der Waals surface area contributed by atoms with Gasteiger partial charge in [0.05, 0.1) is 11.4 Å². The van der Waals surface area contributed by atoms with Gasteiger partial charge in [0.25, 0.3) is 0 Å². The fraction of sp³-hybridized carbons (Fsp3) is 0.429. The van der Waals surface area contributed by atoms with Crippen LogP contribution in [0.15, 0.2) is 23.1 Å². The lowest BCUT2D eigenvalue weighted by Crippen LogP contribution is -2.26. The number of hydrogen-bond donors (Lipinski definition) is 2. The van der Waals surface area contributed by atoms with Gasteiger partial charge in [0.15, 0.2) is 0 Å². The molecule has 0 atom stereocenters. The van der Waals surface area contributed by atoms with E-state index in [1.807, 2.05) is 6.92 Å². The predicted octanol–water partition coefficient (Wildman–Crippen LogP) is 0.841. The monoisotopic (exact) mass is 314 g/mol. The topological polar surface area (TPSA) is 81.4 Å². The molecule has 0 aliphatic rings. The lowest BCUT2D eigenvalue weighted by atomic mass is 10.2.